The second-order valence-corrected chi connectivity index (χ2v) is 5.83. The maximum atomic E-state index is 13.0. The minimum Gasteiger partial charge on any atom is -0.321 e. The van der Waals surface area contributed by atoms with Gasteiger partial charge in [0.15, 0.2) is 0 Å². The van der Waals surface area contributed by atoms with Gasteiger partial charge in [-0.3, -0.25) is 4.79 Å². The van der Waals surface area contributed by atoms with E-state index in [4.69, 9.17) is 11.6 Å². The second-order valence-electron chi connectivity index (χ2n) is 3.74. The summed E-state index contributed by atoms with van der Waals surface area (Å²) in [6.45, 7) is 0. The molecule has 1 amide bonds. The predicted molar refractivity (Wildman–Crippen MR) is 85.8 cm³/mol. The van der Waals surface area contributed by atoms with Crippen LogP contribution < -0.4 is 5.32 Å². The van der Waals surface area contributed by atoms with Crippen molar-refractivity contribution >= 4 is 58.4 Å². The number of rotatable bonds is 2. The molecule has 98 valence electrons. The molecule has 6 heteroatoms. The van der Waals surface area contributed by atoms with Crippen molar-refractivity contribution in [1.29, 1.82) is 0 Å². The highest BCUT2D eigenvalue weighted by Crippen LogP contribution is 2.23. The molecule has 2 rings (SSSR count). The maximum absolute atomic E-state index is 13.0. The van der Waals surface area contributed by atoms with Crippen LogP contribution in [0.25, 0.3) is 0 Å². The Labute approximate surface area is 133 Å². The Kier molecular flexibility index (Phi) is 4.70. The smallest absolute Gasteiger partial charge is 0.257 e. The van der Waals surface area contributed by atoms with Crippen LogP contribution >= 0.6 is 46.8 Å². The summed E-state index contributed by atoms with van der Waals surface area (Å²) in [6, 6.07) is 9.02. The zero-order valence-electron chi connectivity index (χ0n) is 9.45. The molecule has 2 nitrogen and oxygen atoms in total. The standard InChI is InChI=1S/C13H8ClFINOS/c14-10-3-2-8(19)6-9(10)13(18)17-12-4-1-7(15)5-11(12)16/h1-6,19H,(H,17,18). The summed E-state index contributed by atoms with van der Waals surface area (Å²) >= 11 is 12.1. The number of thiol groups is 1. The van der Waals surface area contributed by atoms with E-state index in [2.05, 4.69) is 17.9 Å². The third-order valence-electron chi connectivity index (χ3n) is 2.37. The molecule has 0 aliphatic carbocycles. The number of nitrogens with one attached hydrogen (secondary N) is 1. The third-order valence-corrected chi connectivity index (χ3v) is 3.87. The van der Waals surface area contributed by atoms with Crippen LogP contribution in [0, 0.1) is 9.39 Å². The van der Waals surface area contributed by atoms with Crippen molar-refractivity contribution in [2.75, 3.05) is 5.32 Å². The molecule has 0 aromatic heterocycles. The van der Waals surface area contributed by atoms with E-state index in [1.165, 1.54) is 18.2 Å². The maximum Gasteiger partial charge on any atom is 0.257 e. The Balaban J connectivity index is 2.28. The lowest BCUT2D eigenvalue weighted by Gasteiger charge is -2.09. The Morgan fingerprint density at radius 3 is 2.68 bits per heavy atom. The molecule has 0 unspecified atom stereocenters. The van der Waals surface area contributed by atoms with Crippen LogP contribution in [-0.4, -0.2) is 5.91 Å². The van der Waals surface area contributed by atoms with E-state index < -0.39 is 0 Å². The molecule has 0 radical (unpaired) electrons. The van der Waals surface area contributed by atoms with Crippen molar-refractivity contribution in [3.63, 3.8) is 0 Å². The van der Waals surface area contributed by atoms with Crippen molar-refractivity contribution in [2.45, 2.75) is 4.90 Å². The first-order chi connectivity index (χ1) is 8.97. The highest BCUT2D eigenvalue weighted by molar-refractivity contribution is 14.1. The Bertz CT molecular complexity index is 651. The molecule has 19 heavy (non-hydrogen) atoms. The molecule has 0 fully saturated rings. The van der Waals surface area contributed by atoms with Crippen molar-refractivity contribution in [3.8, 4) is 0 Å². The summed E-state index contributed by atoms with van der Waals surface area (Å²) in [5.41, 5.74) is 0.863. The molecule has 0 spiro atoms. The third kappa shape index (κ3) is 3.61. The summed E-state index contributed by atoms with van der Waals surface area (Å²) in [5.74, 6) is -0.705. The van der Waals surface area contributed by atoms with Crippen LogP contribution in [0.3, 0.4) is 0 Å². The lowest BCUT2D eigenvalue weighted by atomic mass is 10.2. The SMILES string of the molecule is O=C(Nc1ccc(F)cc1I)c1cc(S)ccc1Cl. The first kappa shape index (κ1) is 14.6. The molecule has 0 saturated carbocycles. The molecule has 2 aromatic carbocycles. The molecule has 0 bridgehead atoms. The molecular formula is C13H8ClFINOS. The fourth-order valence-electron chi connectivity index (χ4n) is 1.47. The summed E-state index contributed by atoms with van der Waals surface area (Å²) in [7, 11) is 0. The topological polar surface area (TPSA) is 29.1 Å². The highest BCUT2D eigenvalue weighted by Gasteiger charge is 2.12. The molecule has 0 aliphatic rings. The van der Waals surface area contributed by atoms with Gasteiger partial charge in [0.05, 0.1) is 16.3 Å². The van der Waals surface area contributed by atoms with Crippen LogP contribution in [0.4, 0.5) is 10.1 Å². The number of anilines is 1. The zero-order chi connectivity index (χ0) is 14.0. The summed E-state index contributed by atoms with van der Waals surface area (Å²) in [5, 5.41) is 3.03. The highest BCUT2D eigenvalue weighted by atomic mass is 127. The number of halogens is 3. The van der Waals surface area contributed by atoms with Gasteiger partial charge in [0.1, 0.15) is 5.82 Å². The first-order valence-corrected chi connectivity index (χ1v) is 7.12. The Morgan fingerprint density at radius 1 is 1.26 bits per heavy atom. The normalized spacial score (nSPS) is 10.3. The monoisotopic (exact) mass is 407 g/mol. The molecule has 0 saturated heterocycles. The van der Waals surface area contributed by atoms with E-state index in [1.54, 1.807) is 18.2 Å². The zero-order valence-corrected chi connectivity index (χ0v) is 13.3. The van der Waals surface area contributed by atoms with Gasteiger partial charge >= 0.3 is 0 Å². The Hall–Kier alpha value is -0.790. The van der Waals surface area contributed by atoms with E-state index >= 15 is 0 Å². The molecule has 0 heterocycles. The summed E-state index contributed by atoms with van der Waals surface area (Å²) < 4.78 is 13.6. The van der Waals surface area contributed by atoms with Gasteiger partial charge < -0.3 is 5.32 Å². The Morgan fingerprint density at radius 2 is 2.00 bits per heavy atom. The van der Waals surface area contributed by atoms with Crippen LogP contribution in [-0.2, 0) is 0 Å². The van der Waals surface area contributed by atoms with Gasteiger partial charge in [-0.15, -0.1) is 12.6 Å². The van der Waals surface area contributed by atoms with Gasteiger partial charge in [0.25, 0.3) is 5.91 Å². The van der Waals surface area contributed by atoms with E-state index in [9.17, 15) is 9.18 Å². The average Bonchev–Trinajstić information content (AvgIpc) is 2.35. The molecular weight excluding hydrogens is 400 g/mol. The number of hydrogen-bond acceptors (Lipinski definition) is 2. The van der Waals surface area contributed by atoms with Crippen LogP contribution in [0.1, 0.15) is 10.4 Å². The van der Waals surface area contributed by atoms with Gasteiger partial charge in [-0.05, 0) is 59.0 Å². The van der Waals surface area contributed by atoms with E-state index in [-0.39, 0.29) is 11.7 Å². The van der Waals surface area contributed by atoms with Gasteiger partial charge in [0, 0.05) is 8.47 Å². The van der Waals surface area contributed by atoms with Crippen LogP contribution in [0.15, 0.2) is 41.3 Å². The molecule has 0 aliphatic heterocycles. The second kappa shape index (κ2) is 6.11. The molecule has 2 aromatic rings. The number of hydrogen-bond donors (Lipinski definition) is 2. The van der Waals surface area contributed by atoms with Crippen LogP contribution in [0.2, 0.25) is 5.02 Å². The van der Waals surface area contributed by atoms with Crippen molar-refractivity contribution < 1.29 is 9.18 Å². The van der Waals surface area contributed by atoms with Crippen molar-refractivity contribution in [2.24, 2.45) is 0 Å². The van der Waals surface area contributed by atoms with Gasteiger partial charge in [0.2, 0.25) is 0 Å². The summed E-state index contributed by atoms with van der Waals surface area (Å²) in [6.07, 6.45) is 0. The van der Waals surface area contributed by atoms with Gasteiger partial charge in [-0.1, -0.05) is 11.6 Å². The van der Waals surface area contributed by atoms with Crippen LogP contribution in [0.5, 0.6) is 0 Å². The van der Waals surface area contributed by atoms with E-state index in [1.807, 2.05) is 22.6 Å². The number of amides is 1. The number of carbonyl (C=O) groups excluding carboxylic acids is 1. The lowest BCUT2D eigenvalue weighted by Crippen LogP contribution is -2.13. The lowest BCUT2D eigenvalue weighted by molar-refractivity contribution is 0.102. The first-order valence-electron chi connectivity index (χ1n) is 5.22. The molecule has 1 N–H and O–H groups in total. The fraction of sp³-hybridized carbons (Fsp3) is 0. The van der Waals surface area contributed by atoms with Gasteiger partial charge in [-0.2, -0.15) is 0 Å². The number of benzene rings is 2. The largest absolute Gasteiger partial charge is 0.321 e. The molecule has 0 atom stereocenters. The average molecular weight is 408 g/mol. The predicted octanol–water partition coefficient (Wildman–Crippen LogP) is 4.62. The fourth-order valence-corrected chi connectivity index (χ4v) is 2.49. The minimum absolute atomic E-state index is 0.328. The van der Waals surface area contributed by atoms with E-state index in [0.29, 0.717) is 24.7 Å². The quantitative estimate of drug-likeness (QED) is 0.552. The van der Waals surface area contributed by atoms with Crippen molar-refractivity contribution in [1.82, 2.24) is 0 Å². The van der Waals surface area contributed by atoms with Crippen molar-refractivity contribution in [3.05, 3.63) is 56.4 Å². The summed E-state index contributed by atoms with van der Waals surface area (Å²) in [4.78, 5) is 12.7. The van der Waals surface area contributed by atoms with E-state index in [0.717, 1.165) is 0 Å². The number of carbonyl (C=O) groups is 1. The minimum atomic E-state index is -0.356. The van der Waals surface area contributed by atoms with Gasteiger partial charge in [-0.25, -0.2) is 4.39 Å².